The van der Waals surface area contributed by atoms with Gasteiger partial charge in [-0.05, 0) is 102 Å². The standard InChI is InChI=1S/C52H33NO/c1-2-15-36(16-3-1)49-44-21-10-8-19-42(44)43-20-9-11-22-45(43)50(49)37-26-29-39(30-27-37)53(40-31-25-34-13-4-5-17-38(34)33-40)47-23-12-24-48-51(47)46-32-28-35-14-6-7-18-41(35)52(46)54-48/h1-33H. The summed E-state index contributed by atoms with van der Waals surface area (Å²) in [6.45, 7) is 0. The second kappa shape index (κ2) is 12.2. The molecule has 0 unspecified atom stereocenters. The van der Waals surface area contributed by atoms with Crippen molar-refractivity contribution in [2.45, 2.75) is 0 Å². The Labute approximate surface area is 312 Å². The molecule has 0 atom stereocenters. The molecule has 0 aliphatic heterocycles. The summed E-state index contributed by atoms with van der Waals surface area (Å²) in [5.74, 6) is 0. The first-order valence-corrected chi connectivity index (χ1v) is 18.5. The van der Waals surface area contributed by atoms with Crippen LogP contribution >= 0.6 is 0 Å². The van der Waals surface area contributed by atoms with Crippen LogP contribution < -0.4 is 4.90 Å². The van der Waals surface area contributed by atoms with E-state index >= 15 is 0 Å². The Morgan fingerprint density at radius 2 is 0.889 bits per heavy atom. The molecule has 0 bridgehead atoms. The first-order chi connectivity index (χ1) is 26.8. The zero-order valence-corrected chi connectivity index (χ0v) is 29.4. The first kappa shape index (κ1) is 30.5. The van der Waals surface area contributed by atoms with Gasteiger partial charge in [0.1, 0.15) is 11.2 Å². The smallest absolute Gasteiger partial charge is 0.143 e. The molecule has 0 amide bonds. The molecular weight excluding hydrogens is 655 g/mol. The highest BCUT2D eigenvalue weighted by Crippen LogP contribution is 2.47. The Kier molecular flexibility index (Phi) is 6.90. The van der Waals surface area contributed by atoms with Gasteiger partial charge in [0.05, 0.1) is 11.1 Å². The molecular formula is C52H33NO. The van der Waals surface area contributed by atoms with Crippen molar-refractivity contribution in [1.82, 2.24) is 0 Å². The predicted octanol–water partition coefficient (Wildman–Crippen LogP) is 15.0. The van der Waals surface area contributed by atoms with Crippen LogP contribution in [0.25, 0.3) is 87.3 Å². The Morgan fingerprint density at radius 3 is 1.61 bits per heavy atom. The van der Waals surface area contributed by atoms with E-state index in [1.807, 2.05) is 0 Å². The van der Waals surface area contributed by atoms with Crippen molar-refractivity contribution < 1.29 is 4.42 Å². The lowest BCUT2D eigenvalue weighted by Crippen LogP contribution is -2.10. The van der Waals surface area contributed by atoms with Gasteiger partial charge in [0.2, 0.25) is 0 Å². The molecule has 0 N–H and O–H groups in total. The number of fused-ring (bicyclic) bond motifs is 9. The average molecular weight is 688 g/mol. The fraction of sp³-hybridized carbons (Fsp3) is 0. The molecule has 2 nitrogen and oxygen atoms in total. The maximum absolute atomic E-state index is 6.68. The van der Waals surface area contributed by atoms with Crippen LogP contribution in [0, 0.1) is 0 Å². The maximum atomic E-state index is 6.68. The van der Waals surface area contributed by atoms with Crippen LogP contribution in [0.2, 0.25) is 0 Å². The number of benzene rings is 10. The van der Waals surface area contributed by atoms with Crippen molar-refractivity contribution in [3.63, 3.8) is 0 Å². The van der Waals surface area contributed by atoms with E-state index in [0.29, 0.717) is 0 Å². The molecule has 2 heteroatoms. The van der Waals surface area contributed by atoms with Crippen LogP contribution in [0.3, 0.4) is 0 Å². The second-order valence-electron chi connectivity index (χ2n) is 14.0. The van der Waals surface area contributed by atoms with Crippen molar-refractivity contribution in [2.24, 2.45) is 0 Å². The monoisotopic (exact) mass is 687 g/mol. The maximum Gasteiger partial charge on any atom is 0.143 e. The lowest BCUT2D eigenvalue weighted by atomic mass is 9.85. The Morgan fingerprint density at radius 1 is 0.333 bits per heavy atom. The summed E-state index contributed by atoms with van der Waals surface area (Å²) >= 11 is 0. The highest BCUT2D eigenvalue weighted by molar-refractivity contribution is 6.22. The van der Waals surface area contributed by atoms with Crippen LogP contribution in [0.15, 0.2) is 205 Å². The van der Waals surface area contributed by atoms with Crippen LogP contribution in [-0.4, -0.2) is 0 Å². The summed E-state index contributed by atoms with van der Waals surface area (Å²) in [6.07, 6.45) is 0. The number of hydrogen-bond donors (Lipinski definition) is 0. The van der Waals surface area contributed by atoms with E-state index < -0.39 is 0 Å². The molecule has 11 aromatic rings. The van der Waals surface area contributed by atoms with Gasteiger partial charge in [-0.3, -0.25) is 0 Å². The molecule has 54 heavy (non-hydrogen) atoms. The van der Waals surface area contributed by atoms with Gasteiger partial charge in [-0.15, -0.1) is 0 Å². The molecule has 1 aromatic heterocycles. The van der Waals surface area contributed by atoms with E-state index in [0.717, 1.165) is 44.4 Å². The Balaban J connectivity index is 1.16. The van der Waals surface area contributed by atoms with Crippen LogP contribution in [0.4, 0.5) is 17.1 Å². The molecule has 0 aliphatic rings. The summed E-state index contributed by atoms with van der Waals surface area (Å²) in [7, 11) is 0. The third-order valence-corrected chi connectivity index (χ3v) is 11.0. The third kappa shape index (κ3) is 4.74. The van der Waals surface area contributed by atoms with Gasteiger partial charge in [-0.1, -0.05) is 158 Å². The SMILES string of the molecule is c1ccc(-c2c(-c3ccc(N(c4ccc5ccccc5c4)c4cccc5oc6c7ccccc7ccc6c45)cc3)c3ccccc3c3ccccc23)cc1. The molecule has 252 valence electrons. The van der Waals surface area contributed by atoms with Gasteiger partial charge >= 0.3 is 0 Å². The summed E-state index contributed by atoms with van der Waals surface area (Å²) < 4.78 is 6.68. The van der Waals surface area contributed by atoms with E-state index in [-0.39, 0.29) is 0 Å². The molecule has 0 spiro atoms. The molecule has 11 rings (SSSR count). The topological polar surface area (TPSA) is 16.4 Å². The molecule has 0 radical (unpaired) electrons. The normalized spacial score (nSPS) is 11.7. The zero-order chi connectivity index (χ0) is 35.6. The van der Waals surface area contributed by atoms with Gasteiger partial charge in [-0.25, -0.2) is 0 Å². The molecule has 10 aromatic carbocycles. The number of anilines is 3. The van der Waals surface area contributed by atoms with Gasteiger partial charge in [0.25, 0.3) is 0 Å². The van der Waals surface area contributed by atoms with Gasteiger partial charge in [-0.2, -0.15) is 0 Å². The Bertz CT molecular complexity index is 3210. The van der Waals surface area contributed by atoms with E-state index in [1.54, 1.807) is 0 Å². The first-order valence-electron chi connectivity index (χ1n) is 18.5. The zero-order valence-electron chi connectivity index (χ0n) is 29.4. The summed E-state index contributed by atoms with van der Waals surface area (Å²) in [5, 5.41) is 11.9. The highest BCUT2D eigenvalue weighted by Gasteiger charge is 2.22. The third-order valence-electron chi connectivity index (χ3n) is 11.0. The summed E-state index contributed by atoms with van der Waals surface area (Å²) in [6, 6.07) is 72.2. The molecule has 0 saturated heterocycles. The quantitative estimate of drug-likeness (QED) is 0.168. The number of furan rings is 1. The molecule has 0 aliphatic carbocycles. The van der Waals surface area contributed by atoms with E-state index in [4.69, 9.17) is 4.42 Å². The van der Waals surface area contributed by atoms with Crippen molar-refractivity contribution in [3.8, 4) is 22.3 Å². The molecule has 0 saturated carbocycles. The van der Waals surface area contributed by atoms with E-state index in [2.05, 4.69) is 205 Å². The van der Waals surface area contributed by atoms with Crippen LogP contribution in [-0.2, 0) is 0 Å². The van der Waals surface area contributed by atoms with E-state index in [9.17, 15) is 0 Å². The number of hydrogen-bond acceptors (Lipinski definition) is 2. The summed E-state index contributed by atoms with van der Waals surface area (Å²) in [5.41, 5.74) is 9.91. The van der Waals surface area contributed by atoms with Crippen molar-refractivity contribution >= 4 is 82.1 Å². The molecule has 1 heterocycles. The highest BCUT2D eigenvalue weighted by atomic mass is 16.3. The van der Waals surface area contributed by atoms with Crippen LogP contribution in [0.1, 0.15) is 0 Å². The molecule has 0 fully saturated rings. The average Bonchev–Trinajstić information content (AvgIpc) is 3.64. The predicted molar refractivity (Wildman–Crippen MR) is 229 cm³/mol. The Hall–Kier alpha value is -7.16. The van der Waals surface area contributed by atoms with Crippen molar-refractivity contribution in [1.29, 1.82) is 0 Å². The minimum Gasteiger partial charge on any atom is -0.455 e. The van der Waals surface area contributed by atoms with Gasteiger partial charge in [0.15, 0.2) is 0 Å². The fourth-order valence-electron chi connectivity index (χ4n) is 8.59. The van der Waals surface area contributed by atoms with Gasteiger partial charge in [0, 0.05) is 22.1 Å². The minimum atomic E-state index is 0.872. The number of rotatable bonds is 5. The summed E-state index contributed by atoms with van der Waals surface area (Å²) in [4.78, 5) is 2.39. The fourth-order valence-corrected chi connectivity index (χ4v) is 8.59. The number of nitrogens with zero attached hydrogens (tertiary/aromatic N) is 1. The van der Waals surface area contributed by atoms with Crippen molar-refractivity contribution in [2.75, 3.05) is 4.90 Å². The lowest BCUT2D eigenvalue weighted by Gasteiger charge is -2.27. The largest absolute Gasteiger partial charge is 0.455 e. The van der Waals surface area contributed by atoms with E-state index in [1.165, 1.54) is 60.0 Å². The van der Waals surface area contributed by atoms with Gasteiger partial charge < -0.3 is 9.32 Å². The van der Waals surface area contributed by atoms with Crippen LogP contribution in [0.5, 0.6) is 0 Å². The minimum absolute atomic E-state index is 0.872. The second-order valence-corrected chi connectivity index (χ2v) is 14.0. The lowest BCUT2D eigenvalue weighted by molar-refractivity contribution is 0.672. The van der Waals surface area contributed by atoms with Crippen molar-refractivity contribution in [3.05, 3.63) is 200 Å².